The SMILES string of the molecule is O=C(Cn1cc[n+](CC(=O)c2ccc(Cl)c(Cl)c2)c1)c1ccc(Cl)c([N+](=O)[O-])c1. The molecular weight excluding hydrogens is 441 g/mol. The van der Waals surface area contributed by atoms with Gasteiger partial charge in [-0.1, -0.05) is 34.8 Å². The van der Waals surface area contributed by atoms with Crippen molar-refractivity contribution < 1.29 is 19.1 Å². The van der Waals surface area contributed by atoms with Crippen molar-refractivity contribution >= 4 is 52.1 Å². The fourth-order valence-electron chi connectivity index (χ4n) is 2.64. The minimum absolute atomic E-state index is 0.0360. The molecule has 3 rings (SSSR count). The molecule has 10 heteroatoms. The number of nitrogens with zero attached hydrogens (tertiary/aromatic N) is 3. The van der Waals surface area contributed by atoms with Crippen LogP contribution in [0.25, 0.3) is 0 Å². The van der Waals surface area contributed by atoms with Crippen molar-refractivity contribution in [1.82, 2.24) is 4.57 Å². The molecule has 29 heavy (non-hydrogen) atoms. The minimum atomic E-state index is -0.642. The van der Waals surface area contributed by atoms with Crippen molar-refractivity contribution in [3.05, 3.63) is 91.4 Å². The van der Waals surface area contributed by atoms with Crippen molar-refractivity contribution in [2.24, 2.45) is 0 Å². The first-order valence-electron chi connectivity index (χ1n) is 8.25. The molecule has 1 aromatic heterocycles. The van der Waals surface area contributed by atoms with Gasteiger partial charge in [-0.25, -0.2) is 9.13 Å². The van der Waals surface area contributed by atoms with Crippen LogP contribution in [0.15, 0.2) is 55.1 Å². The second-order valence-corrected chi connectivity index (χ2v) is 7.38. The Balaban J connectivity index is 1.69. The lowest BCUT2D eigenvalue weighted by atomic mass is 10.1. The van der Waals surface area contributed by atoms with Crippen molar-refractivity contribution in [3.63, 3.8) is 0 Å². The van der Waals surface area contributed by atoms with Crippen molar-refractivity contribution in [1.29, 1.82) is 0 Å². The van der Waals surface area contributed by atoms with Gasteiger partial charge in [-0.05, 0) is 30.3 Å². The van der Waals surface area contributed by atoms with Crippen LogP contribution in [-0.2, 0) is 13.1 Å². The summed E-state index contributed by atoms with van der Waals surface area (Å²) in [5, 5.41) is 11.6. The number of nitro groups is 1. The summed E-state index contributed by atoms with van der Waals surface area (Å²) in [6, 6.07) is 8.54. The Morgan fingerprint density at radius 1 is 0.966 bits per heavy atom. The van der Waals surface area contributed by atoms with Crippen LogP contribution in [-0.4, -0.2) is 21.1 Å². The molecule has 0 saturated carbocycles. The first-order chi connectivity index (χ1) is 13.7. The van der Waals surface area contributed by atoms with E-state index in [2.05, 4.69) is 0 Å². The van der Waals surface area contributed by atoms with Gasteiger partial charge in [-0.3, -0.25) is 19.7 Å². The molecule has 0 radical (unpaired) electrons. The molecule has 0 unspecified atom stereocenters. The number of imidazole rings is 1. The second-order valence-electron chi connectivity index (χ2n) is 6.16. The van der Waals surface area contributed by atoms with E-state index in [1.165, 1.54) is 18.2 Å². The lowest BCUT2D eigenvalue weighted by molar-refractivity contribution is -0.682. The average molecular weight is 454 g/mol. The van der Waals surface area contributed by atoms with Gasteiger partial charge in [-0.15, -0.1) is 0 Å². The van der Waals surface area contributed by atoms with Crippen LogP contribution in [0.2, 0.25) is 15.1 Å². The Kier molecular flexibility index (Phi) is 6.32. The van der Waals surface area contributed by atoms with Gasteiger partial charge in [-0.2, -0.15) is 0 Å². The number of halogens is 3. The summed E-state index contributed by atoms with van der Waals surface area (Å²) in [4.78, 5) is 35.2. The number of nitro benzene ring substituents is 1. The molecule has 3 aromatic rings. The minimum Gasteiger partial charge on any atom is -0.290 e. The van der Waals surface area contributed by atoms with Crippen LogP contribution in [0.3, 0.4) is 0 Å². The van der Waals surface area contributed by atoms with E-state index in [4.69, 9.17) is 34.8 Å². The molecule has 0 spiro atoms. The summed E-state index contributed by atoms with van der Waals surface area (Å²) >= 11 is 17.6. The van der Waals surface area contributed by atoms with Crippen molar-refractivity contribution in [2.75, 3.05) is 0 Å². The van der Waals surface area contributed by atoms with Crippen LogP contribution in [0.1, 0.15) is 20.7 Å². The topological polar surface area (TPSA) is 86.1 Å². The first kappa shape index (κ1) is 21.0. The number of ketones is 2. The standard InChI is InChI=1S/C19H13Cl3N3O4/c20-14-3-1-12(7-16(14)22)18(26)9-23-5-6-24(11-23)10-19(27)13-2-4-15(21)17(8-13)25(28)29/h1-8,11H,9-10H2/q+1. The largest absolute Gasteiger partial charge is 0.290 e. The maximum atomic E-state index is 12.4. The maximum absolute atomic E-state index is 12.4. The number of Topliss-reactive ketones (excluding diaryl/α,β-unsaturated/α-hetero) is 2. The van der Waals surface area contributed by atoms with Gasteiger partial charge in [0.25, 0.3) is 5.69 Å². The van der Waals surface area contributed by atoms with Gasteiger partial charge < -0.3 is 0 Å². The molecule has 0 atom stereocenters. The zero-order valence-electron chi connectivity index (χ0n) is 14.7. The Bertz CT molecular complexity index is 1130. The summed E-state index contributed by atoms with van der Waals surface area (Å²) in [7, 11) is 0. The van der Waals surface area contributed by atoms with Crippen LogP contribution in [0.5, 0.6) is 0 Å². The zero-order valence-corrected chi connectivity index (χ0v) is 17.0. The smallest absolute Gasteiger partial charge is 0.288 e. The van der Waals surface area contributed by atoms with Crippen LogP contribution in [0.4, 0.5) is 5.69 Å². The average Bonchev–Trinajstić information content (AvgIpc) is 3.10. The van der Waals surface area contributed by atoms with Crippen LogP contribution >= 0.6 is 34.8 Å². The Morgan fingerprint density at radius 3 is 2.28 bits per heavy atom. The predicted molar refractivity (Wildman–Crippen MR) is 108 cm³/mol. The number of hydrogen-bond donors (Lipinski definition) is 0. The summed E-state index contributed by atoms with van der Waals surface area (Å²) < 4.78 is 3.19. The third-order valence-electron chi connectivity index (χ3n) is 4.10. The molecule has 0 aliphatic carbocycles. The van der Waals surface area contributed by atoms with Gasteiger partial charge in [0.15, 0.2) is 13.1 Å². The number of aromatic nitrogens is 2. The van der Waals surface area contributed by atoms with E-state index in [1.54, 1.807) is 40.0 Å². The molecule has 0 N–H and O–H groups in total. The molecule has 0 amide bonds. The number of carbonyl (C=O) groups is 2. The zero-order chi connectivity index (χ0) is 21.1. The van der Waals surface area contributed by atoms with Gasteiger partial charge in [0, 0.05) is 17.2 Å². The Labute approximate surface area is 180 Å². The molecule has 148 valence electrons. The van der Waals surface area contributed by atoms with E-state index >= 15 is 0 Å². The molecule has 0 saturated heterocycles. The maximum Gasteiger partial charge on any atom is 0.288 e. The van der Waals surface area contributed by atoms with Gasteiger partial charge >= 0.3 is 0 Å². The third-order valence-corrected chi connectivity index (χ3v) is 5.16. The lowest BCUT2D eigenvalue weighted by Crippen LogP contribution is -2.36. The molecule has 0 bridgehead atoms. The van der Waals surface area contributed by atoms with Crippen LogP contribution < -0.4 is 4.57 Å². The summed E-state index contributed by atoms with van der Waals surface area (Å²) in [5.74, 6) is -0.505. The lowest BCUT2D eigenvalue weighted by Gasteiger charge is -2.01. The number of hydrogen-bond acceptors (Lipinski definition) is 4. The molecule has 0 fully saturated rings. The second kappa shape index (κ2) is 8.73. The van der Waals surface area contributed by atoms with E-state index in [9.17, 15) is 19.7 Å². The Morgan fingerprint density at radius 2 is 1.62 bits per heavy atom. The quantitative estimate of drug-likeness (QED) is 0.229. The summed E-state index contributed by atoms with van der Waals surface area (Å²) in [5.41, 5.74) is 0.268. The molecular formula is C19H13Cl3N3O4+. The van der Waals surface area contributed by atoms with E-state index < -0.39 is 4.92 Å². The number of rotatable bonds is 7. The van der Waals surface area contributed by atoms with E-state index in [1.807, 2.05) is 0 Å². The summed E-state index contributed by atoms with van der Waals surface area (Å²) in [6.45, 7) is -0.00167. The number of carbonyl (C=O) groups excluding carboxylic acids is 2. The van der Waals surface area contributed by atoms with E-state index in [0.29, 0.717) is 15.6 Å². The first-order valence-corrected chi connectivity index (χ1v) is 9.38. The van der Waals surface area contributed by atoms with Crippen molar-refractivity contribution in [2.45, 2.75) is 13.1 Å². The van der Waals surface area contributed by atoms with Crippen LogP contribution in [0, 0.1) is 10.1 Å². The van der Waals surface area contributed by atoms with E-state index in [-0.39, 0.29) is 40.9 Å². The van der Waals surface area contributed by atoms with Gasteiger partial charge in [0.2, 0.25) is 17.9 Å². The highest BCUT2D eigenvalue weighted by Crippen LogP contribution is 2.25. The molecule has 2 aromatic carbocycles. The van der Waals surface area contributed by atoms with Gasteiger partial charge in [0.1, 0.15) is 17.4 Å². The molecule has 0 aliphatic heterocycles. The highest BCUT2D eigenvalue weighted by atomic mass is 35.5. The monoisotopic (exact) mass is 452 g/mol. The van der Waals surface area contributed by atoms with E-state index in [0.717, 1.165) is 6.07 Å². The third kappa shape index (κ3) is 5.00. The highest BCUT2D eigenvalue weighted by molar-refractivity contribution is 6.42. The fraction of sp³-hybridized carbons (Fsp3) is 0.105. The highest BCUT2D eigenvalue weighted by Gasteiger charge is 2.19. The molecule has 7 nitrogen and oxygen atoms in total. The predicted octanol–water partition coefficient (Wildman–Crippen LogP) is 4.41. The number of benzene rings is 2. The van der Waals surface area contributed by atoms with Gasteiger partial charge in [0.05, 0.1) is 15.0 Å². The normalized spacial score (nSPS) is 10.7. The fourth-order valence-corrected chi connectivity index (χ4v) is 3.12. The summed E-state index contributed by atoms with van der Waals surface area (Å²) in [6.07, 6.45) is 4.87. The molecule has 0 aliphatic rings. The Hall–Kier alpha value is -2.74. The molecule has 1 heterocycles. The van der Waals surface area contributed by atoms with Crippen molar-refractivity contribution in [3.8, 4) is 0 Å².